The van der Waals surface area contributed by atoms with Crippen LogP contribution in [0.1, 0.15) is 12.8 Å². The molecule has 28 heavy (non-hydrogen) atoms. The Morgan fingerprint density at radius 1 is 1.25 bits per heavy atom. The molecule has 0 radical (unpaired) electrons. The molecule has 152 valence electrons. The standard InChI is InChI=1S/C18H22FN3O5S/c19-13-3-5-14(6-4-13)28(26,27)22-7-1-2-15(22)16(23)21-9-12-8-20-10-18(12,11-21)17(24)25/h3-6,12,15,20H,1-2,7-11H2,(H,24,25)/t12-,15+,18-/m0/s1. The zero-order chi connectivity index (χ0) is 20.1. The lowest BCUT2D eigenvalue weighted by Gasteiger charge is -2.28. The van der Waals surface area contributed by atoms with Crippen molar-refractivity contribution in [1.82, 2.24) is 14.5 Å². The summed E-state index contributed by atoms with van der Waals surface area (Å²) in [5.41, 5.74) is -1.01. The largest absolute Gasteiger partial charge is 0.481 e. The highest BCUT2D eigenvalue weighted by Gasteiger charge is 2.57. The minimum Gasteiger partial charge on any atom is -0.481 e. The van der Waals surface area contributed by atoms with Crippen molar-refractivity contribution in [3.8, 4) is 0 Å². The smallest absolute Gasteiger partial charge is 0.313 e. The second kappa shape index (κ2) is 6.78. The van der Waals surface area contributed by atoms with E-state index in [1.807, 2.05) is 0 Å². The lowest BCUT2D eigenvalue weighted by molar-refractivity contribution is -0.148. The molecule has 3 aliphatic rings. The molecule has 3 fully saturated rings. The zero-order valence-electron chi connectivity index (χ0n) is 15.2. The number of hydrogen-bond donors (Lipinski definition) is 2. The van der Waals surface area contributed by atoms with E-state index in [2.05, 4.69) is 5.32 Å². The summed E-state index contributed by atoms with van der Waals surface area (Å²) in [7, 11) is -3.94. The number of nitrogens with one attached hydrogen (secondary N) is 1. The third kappa shape index (κ3) is 2.90. The second-order valence-corrected chi connectivity index (χ2v) is 9.63. The van der Waals surface area contributed by atoms with Crippen molar-refractivity contribution in [2.45, 2.75) is 23.8 Å². The second-order valence-electron chi connectivity index (χ2n) is 7.74. The molecule has 8 nitrogen and oxygen atoms in total. The van der Waals surface area contributed by atoms with Crippen LogP contribution in [0.5, 0.6) is 0 Å². The van der Waals surface area contributed by atoms with Gasteiger partial charge in [0.1, 0.15) is 17.3 Å². The van der Waals surface area contributed by atoms with Gasteiger partial charge in [-0.15, -0.1) is 0 Å². The number of carbonyl (C=O) groups excluding carboxylic acids is 1. The van der Waals surface area contributed by atoms with Crippen LogP contribution < -0.4 is 5.32 Å². The van der Waals surface area contributed by atoms with Crippen LogP contribution >= 0.6 is 0 Å². The number of carboxylic acids is 1. The number of benzene rings is 1. The van der Waals surface area contributed by atoms with E-state index in [0.29, 0.717) is 32.5 Å². The van der Waals surface area contributed by atoms with Crippen LogP contribution in [0.15, 0.2) is 29.2 Å². The summed E-state index contributed by atoms with van der Waals surface area (Å²) in [5.74, 6) is -2.00. The van der Waals surface area contributed by atoms with Crippen LogP contribution in [0.3, 0.4) is 0 Å². The van der Waals surface area contributed by atoms with Crippen LogP contribution in [-0.2, 0) is 19.6 Å². The summed E-state index contributed by atoms with van der Waals surface area (Å²) in [6.45, 7) is 1.43. The topological polar surface area (TPSA) is 107 Å². The Morgan fingerprint density at radius 2 is 1.96 bits per heavy atom. The van der Waals surface area contributed by atoms with Crippen molar-refractivity contribution in [2.75, 3.05) is 32.7 Å². The number of fused-ring (bicyclic) bond motifs is 1. The van der Waals surface area contributed by atoms with E-state index in [-0.39, 0.29) is 29.8 Å². The first kappa shape index (κ1) is 19.3. The van der Waals surface area contributed by atoms with E-state index in [1.54, 1.807) is 0 Å². The first-order valence-corrected chi connectivity index (χ1v) is 10.7. The number of carboxylic acid groups (broad SMARTS) is 1. The molecule has 3 aliphatic heterocycles. The summed E-state index contributed by atoms with van der Waals surface area (Å²) in [5, 5.41) is 12.8. The molecular weight excluding hydrogens is 389 g/mol. The summed E-state index contributed by atoms with van der Waals surface area (Å²) in [6.07, 6.45) is 0.929. The predicted octanol–water partition coefficient (Wildman–Crippen LogP) is 0.111. The Morgan fingerprint density at radius 3 is 2.61 bits per heavy atom. The Hall–Kier alpha value is -2.04. The van der Waals surface area contributed by atoms with Crippen LogP contribution in [-0.4, -0.2) is 73.4 Å². The fraction of sp³-hybridized carbons (Fsp3) is 0.556. The average molecular weight is 411 g/mol. The van der Waals surface area contributed by atoms with Crippen LogP contribution in [0.2, 0.25) is 0 Å². The maximum Gasteiger partial charge on any atom is 0.313 e. The molecule has 0 bridgehead atoms. The van der Waals surface area contributed by atoms with Gasteiger partial charge < -0.3 is 15.3 Å². The van der Waals surface area contributed by atoms with Gasteiger partial charge in [-0.1, -0.05) is 0 Å². The molecule has 3 saturated heterocycles. The fourth-order valence-corrected chi connectivity index (χ4v) is 6.27. The fourth-order valence-electron chi connectivity index (χ4n) is 4.62. The SMILES string of the molecule is O=C([C@H]1CCCN1S(=O)(=O)c1ccc(F)cc1)N1C[C@@H]2CNC[C@]2(C(=O)O)C1. The molecule has 0 unspecified atom stereocenters. The maximum absolute atomic E-state index is 13.2. The monoisotopic (exact) mass is 411 g/mol. The number of amides is 1. The normalized spacial score (nSPS) is 30.5. The number of nitrogens with zero attached hydrogens (tertiary/aromatic N) is 2. The summed E-state index contributed by atoms with van der Waals surface area (Å²) < 4.78 is 40.3. The van der Waals surface area contributed by atoms with Gasteiger partial charge in [-0.3, -0.25) is 9.59 Å². The van der Waals surface area contributed by atoms with Gasteiger partial charge in [0.15, 0.2) is 0 Å². The van der Waals surface area contributed by atoms with E-state index >= 15 is 0 Å². The molecule has 3 heterocycles. The Kier molecular flexibility index (Phi) is 4.67. The van der Waals surface area contributed by atoms with Gasteiger partial charge in [-0.25, -0.2) is 12.8 Å². The lowest BCUT2D eigenvalue weighted by Crippen LogP contribution is -2.48. The van der Waals surface area contributed by atoms with E-state index in [4.69, 9.17) is 0 Å². The highest BCUT2D eigenvalue weighted by Crippen LogP contribution is 2.40. The first-order chi connectivity index (χ1) is 13.3. The van der Waals surface area contributed by atoms with Gasteiger partial charge in [0, 0.05) is 38.6 Å². The molecule has 2 N–H and O–H groups in total. The minimum absolute atomic E-state index is 0.0573. The third-order valence-electron chi connectivity index (χ3n) is 6.17. The van der Waals surface area contributed by atoms with Gasteiger partial charge in [0.2, 0.25) is 15.9 Å². The Balaban J connectivity index is 1.56. The Bertz CT molecular complexity index is 906. The van der Waals surface area contributed by atoms with Crippen molar-refractivity contribution in [1.29, 1.82) is 0 Å². The van der Waals surface area contributed by atoms with Crippen LogP contribution in [0, 0.1) is 17.2 Å². The molecule has 1 aromatic rings. The van der Waals surface area contributed by atoms with E-state index in [1.165, 1.54) is 21.3 Å². The molecule has 4 rings (SSSR count). The van der Waals surface area contributed by atoms with Crippen molar-refractivity contribution in [3.05, 3.63) is 30.1 Å². The number of likely N-dealkylation sites (tertiary alicyclic amines) is 1. The summed E-state index contributed by atoms with van der Waals surface area (Å²) >= 11 is 0. The quantitative estimate of drug-likeness (QED) is 0.729. The minimum atomic E-state index is -3.94. The van der Waals surface area contributed by atoms with Crippen molar-refractivity contribution < 1.29 is 27.5 Å². The predicted molar refractivity (Wildman–Crippen MR) is 96.3 cm³/mol. The zero-order valence-corrected chi connectivity index (χ0v) is 16.0. The summed E-state index contributed by atoms with van der Waals surface area (Å²) in [4.78, 5) is 26.4. The molecule has 10 heteroatoms. The van der Waals surface area contributed by atoms with Gasteiger partial charge in [-0.2, -0.15) is 4.31 Å². The maximum atomic E-state index is 13.2. The summed E-state index contributed by atoms with van der Waals surface area (Å²) in [6, 6.07) is 3.68. The molecule has 0 aliphatic carbocycles. The van der Waals surface area contributed by atoms with Gasteiger partial charge in [0.05, 0.1) is 4.90 Å². The molecule has 1 amide bonds. The molecular formula is C18H22FN3O5S. The van der Waals surface area contributed by atoms with Gasteiger partial charge in [0.25, 0.3) is 0 Å². The molecule has 0 aromatic heterocycles. The number of hydrogen-bond acceptors (Lipinski definition) is 5. The Labute approximate surface area is 162 Å². The van der Waals surface area contributed by atoms with Crippen molar-refractivity contribution in [3.63, 3.8) is 0 Å². The van der Waals surface area contributed by atoms with E-state index < -0.39 is 33.3 Å². The van der Waals surface area contributed by atoms with Crippen molar-refractivity contribution in [2.24, 2.45) is 11.3 Å². The molecule has 3 atom stereocenters. The van der Waals surface area contributed by atoms with Crippen LogP contribution in [0.4, 0.5) is 4.39 Å². The lowest BCUT2D eigenvalue weighted by atomic mass is 9.81. The number of sulfonamides is 1. The van der Waals surface area contributed by atoms with Crippen LogP contribution in [0.25, 0.3) is 0 Å². The highest BCUT2D eigenvalue weighted by atomic mass is 32.2. The average Bonchev–Trinajstić information content (AvgIpc) is 3.35. The van der Waals surface area contributed by atoms with Gasteiger partial charge >= 0.3 is 5.97 Å². The third-order valence-corrected chi connectivity index (χ3v) is 8.10. The molecule has 1 aromatic carbocycles. The van der Waals surface area contributed by atoms with Gasteiger partial charge in [-0.05, 0) is 37.1 Å². The number of carbonyl (C=O) groups is 2. The highest BCUT2D eigenvalue weighted by molar-refractivity contribution is 7.89. The first-order valence-electron chi connectivity index (χ1n) is 9.26. The van der Waals surface area contributed by atoms with E-state index in [0.717, 1.165) is 12.1 Å². The number of halogens is 1. The number of aliphatic carboxylic acids is 1. The van der Waals surface area contributed by atoms with E-state index in [9.17, 15) is 27.5 Å². The molecule has 0 saturated carbocycles. The van der Waals surface area contributed by atoms with Crippen molar-refractivity contribution >= 4 is 21.9 Å². The molecule has 0 spiro atoms. The number of rotatable bonds is 4.